The fraction of sp³-hybridized carbons (Fsp3) is 0.222. The Morgan fingerprint density at radius 3 is 2.23 bits per heavy atom. The van der Waals surface area contributed by atoms with Gasteiger partial charge in [-0.25, -0.2) is 9.59 Å². The molecule has 2 rings (SSSR count). The Labute approximate surface area is 149 Å². The van der Waals surface area contributed by atoms with E-state index >= 15 is 0 Å². The number of hydrogen-bond donors (Lipinski definition) is 3. The molecular weight excluding hydrogens is 338 g/mol. The van der Waals surface area contributed by atoms with Gasteiger partial charge in [0.15, 0.2) is 5.57 Å². The first-order valence-electron chi connectivity index (χ1n) is 8.01. The van der Waals surface area contributed by atoms with Crippen LogP contribution in [0.1, 0.15) is 20.3 Å². The van der Waals surface area contributed by atoms with Gasteiger partial charge in [0.1, 0.15) is 5.69 Å². The summed E-state index contributed by atoms with van der Waals surface area (Å²) in [5.74, 6) is -3.09. The molecule has 0 saturated carbocycles. The molecule has 0 aromatic carbocycles. The largest absolute Gasteiger partial charge is 0.477 e. The number of nitrogens with zero attached hydrogens (tertiary/aromatic N) is 2. The summed E-state index contributed by atoms with van der Waals surface area (Å²) in [7, 11) is 0. The zero-order chi connectivity index (χ0) is 19.3. The molecule has 2 aromatic heterocycles. The minimum atomic E-state index is -1.55. The van der Waals surface area contributed by atoms with E-state index in [0.717, 1.165) is 5.56 Å². The van der Waals surface area contributed by atoms with Gasteiger partial charge < -0.3 is 20.1 Å². The smallest absolute Gasteiger partial charge is 0.344 e. The van der Waals surface area contributed by atoms with Crippen LogP contribution in [0, 0.1) is 0 Å². The predicted octanol–water partition coefficient (Wildman–Crippen LogP) is 2.10. The standard InChI is InChI=1S/C18H19N3O5/c1-3-13(15(17(23)24)18(25)26)21(4-2)14-9-12(10-20-16(14)22)11-5-7-19-8-6-11/h5-10H,3-4H2,1-2H3,(H,20,22)(H,23,24)(H,25,26). The molecule has 0 bridgehead atoms. The molecule has 26 heavy (non-hydrogen) atoms. The molecular formula is C18H19N3O5. The Kier molecular flexibility index (Phi) is 5.90. The van der Waals surface area contributed by atoms with Crippen LogP contribution < -0.4 is 10.5 Å². The average molecular weight is 357 g/mol. The first-order chi connectivity index (χ1) is 12.4. The first-order valence-corrected chi connectivity index (χ1v) is 8.01. The third kappa shape index (κ3) is 3.80. The number of aromatic amines is 1. The lowest BCUT2D eigenvalue weighted by molar-refractivity contribution is -0.140. The van der Waals surface area contributed by atoms with Crippen LogP contribution in [0.25, 0.3) is 11.1 Å². The number of aliphatic carboxylic acids is 2. The van der Waals surface area contributed by atoms with Crippen molar-refractivity contribution in [1.82, 2.24) is 9.97 Å². The van der Waals surface area contributed by atoms with Gasteiger partial charge in [-0.05, 0) is 37.1 Å². The Balaban J connectivity index is 2.66. The molecule has 0 unspecified atom stereocenters. The summed E-state index contributed by atoms with van der Waals surface area (Å²) in [5, 5.41) is 18.6. The molecule has 2 aromatic rings. The number of allylic oxidation sites excluding steroid dienone is 1. The number of nitrogens with one attached hydrogen (secondary N) is 1. The monoisotopic (exact) mass is 357 g/mol. The van der Waals surface area contributed by atoms with Crippen LogP contribution in [0.4, 0.5) is 5.69 Å². The van der Waals surface area contributed by atoms with E-state index in [1.54, 1.807) is 50.6 Å². The molecule has 0 saturated heterocycles. The SMILES string of the molecule is CCC(=C(C(=O)O)C(=O)O)N(CC)c1cc(-c2ccncc2)c[nH]c1=O. The summed E-state index contributed by atoms with van der Waals surface area (Å²) in [6.07, 6.45) is 4.91. The fourth-order valence-electron chi connectivity index (χ4n) is 2.73. The molecule has 0 atom stereocenters. The lowest BCUT2D eigenvalue weighted by Crippen LogP contribution is -2.31. The number of carboxylic acid groups (broad SMARTS) is 2. The van der Waals surface area contributed by atoms with Gasteiger partial charge in [0.2, 0.25) is 0 Å². The number of hydrogen-bond acceptors (Lipinski definition) is 5. The zero-order valence-corrected chi connectivity index (χ0v) is 14.4. The van der Waals surface area contributed by atoms with Gasteiger partial charge in [0, 0.05) is 36.4 Å². The van der Waals surface area contributed by atoms with Gasteiger partial charge in [-0.15, -0.1) is 0 Å². The summed E-state index contributed by atoms with van der Waals surface area (Å²) in [4.78, 5) is 43.2. The highest BCUT2D eigenvalue weighted by atomic mass is 16.4. The van der Waals surface area contributed by atoms with E-state index in [4.69, 9.17) is 0 Å². The van der Waals surface area contributed by atoms with Crippen molar-refractivity contribution in [3.63, 3.8) is 0 Å². The maximum absolute atomic E-state index is 12.4. The molecule has 8 nitrogen and oxygen atoms in total. The first kappa shape index (κ1) is 18.9. The van der Waals surface area contributed by atoms with E-state index in [-0.39, 0.29) is 24.4 Å². The van der Waals surface area contributed by atoms with E-state index in [1.807, 2.05) is 0 Å². The van der Waals surface area contributed by atoms with Crippen LogP contribution in [0.2, 0.25) is 0 Å². The molecule has 0 aliphatic heterocycles. The van der Waals surface area contributed by atoms with Crippen molar-refractivity contribution >= 4 is 17.6 Å². The van der Waals surface area contributed by atoms with Crippen LogP contribution in [0.15, 0.2) is 52.9 Å². The normalized spacial score (nSPS) is 10.2. The van der Waals surface area contributed by atoms with E-state index < -0.39 is 23.1 Å². The van der Waals surface area contributed by atoms with Gasteiger partial charge in [-0.1, -0.05) is 6.92 Å². The van der Waals surface area contributed by atoms with Crippen molar-refractivity contribution in [2.75, 3.05) is 11.4 Å². The summed E-state index contributed by atoms with van der Waals surface area (Å²) in [6.45, 7) is 3.59. The van der Waals surface area contributed by atoms with Crippen LogP contribution >= 0.6 is 0 Å². The van der Waals surface area contributed by atoms with Crippen LogP contribution in [-0.4, -0.2) is 38.7 Å². The molecule has 0 aliphatic rings. The molecule has 3 N–H and O–H groups in total. The quantitative estimate of drug-likeness (QED) is 0.394. The summed E-state index contributed by atoms with van der Waals surface area (Å²) >= 11 is 0. The molecule has 0 radical (unpaired) electrons. The van der Waals surface area contributed by atoms with Crippen molar-refractivity contribution in [3.8, 4) is 11.1 Å². The number of pyridine rings is 2. The third-order valence-corrected chi connectivity index (χ3v) is 3.88. The van der Waals surface area contributed by atoms with Crippen molar-refractivity contribution in [2.24, 2.45) is 0 Å². The lowest BCUT2D eigenvalue weighted by atomic mass is 10.1. The molecule has 0 fully saturated rings. The number of aromatic nitrogens is 2. The van der Waals surface area contributed by atoms with Gasteiger partial charge in [0.05, 0.1) is 0 Å². The second kappa shape index (κ2) is 8.11. The average Bonchev–Trinajstić information content (AvgIpc) is 2.62. The Morgan fingerprint density at radius 1 is 1.12 bits per heavy atom. The highest BCUT2D eigenvalue weighted by molar-refractivity contribution is 6.13. The van der Waals surface area contributed by atoms with Crippen LogP contribution in [0.5, 0.6) is 0 Å². The highest BCUT2D eigenvalue weighted by Crippen LogP contribution is 2.25. The van der Waals surface area contributed by atoms with E-state index in [2.05, 4.69) is 9.97 Å². The maximum Gasteiger partial charge on any atom is 0.344 e. The molecule has 8 heteroatoms. The second-order valence-corrected chi connectivity index (χ2v) is 5.37. The molecule has 0 spiro atoms. The van der Waals surface area contributed by atoms with Crippen LogP contribution in [0.3, 0.4) is 0 Å². The third-order valence-electron chi connectivity index (χ3n) is 3.88. The number of carbonyl (C=O) groups is 2. The lowest BCUT2D eigenvalue weighted by Gasteiger charge is -2.26. The van der Waals surface area contributed by atoms with Gasteiger partial charge >= 0.3 is 11.9 Å². The summed E-state index contributed by atoms with van der Waals surface area (Å²) in [6, 6.07) is 5.14. The van der Waals surface area contributed by atoms with E-state index in [1.165, 1.54) is 4.90 Å². The van der Waals surface area contributed by atoms with Crippen LogP contribution in [-0.2, 0) is 9.59 Å². The van der Waals surface area contributed by atoms with Crippen molar-refractivity contribution in [1.29, 1.82) is 0 Å². The number of carboxylic acids is 2. The van der Waals surface area contributed by atoms with Crippen molar-refractivity contribution < 1.29 is 19.8 Å². The van der Waals surface area contributed by atoms with Gasteiger partial charge in [-0.2, -0.15) is 0 Å². The molecule has 0 amide bonds. The van der Waals surface area contributed by atoms with Crippen molar-refractivity contribution in [2.45, 2.75) is 20.3 Å². The highest BCUT2D eigenvalue weighted by Gasteiger charge is 2.26. The maximum atomic E-state index is 12.4. The molecule has 0 aliphatic carbocycles. The zero-order valence-electron chi connectivity index (χ0n) is 14.4. The second-order valence-electron chi connectivity index (χ2n) is 5.37. The topological polar surface area (TPSA) is 124 Å². The van der Waals surface area contributed by atoms with E-state index in [0.29, 0.717) is 5.56 Å². The number of H-pyrrole nitrogens is 1. The van der Waals surface area contributed by atoms with E-state index in [9.17, 15) is 24.6 Å². The summed E-state index contributed by atoms with van der Waals surface area (Å²) in [5.41, 5.74) is 0.563. The summed E-state index contributed by atoms with van der Waals surface area (Å²) < 4.78 is 0. The Bertz CT molecular complexity index is 887. The Hall–Kier alpha value is -3.42. The number of anilines is 1. The predicted molar refractivity (Wildman–Crippen MR) is 95.9 cm³/mol. The molecule has 136 valence electrons. The van der Waals surface area contributed by atoms with Gasteiger partial charge in [0.25, 0.3) is 5.56 Å². The minimum absolute atomic E-state index is 0.0601. The minimum Gasteiger partial charge on any atom is -0.477 e. The number of rotatable bonds is 7. The Morgan fingerprint density at radius 2 is 1.73 bits per heavy atom. The molecule has 2 heterocycles. The van der Waals surface area contributed by atoms with Crippen molar-refractivity contribution in [3.05, 3.63) is 58.4 Å². The van der Waals surface area contributed by atoms with Gasteiger partial charge in [-0.3, -0.25) is 9.78 Å². The fourth-order valence-corrected chi connectivity index (χ4v) is 2.73.